The molecule has 0 radical (unpaired) electrons. The van der Waals surface area contributed by atoms with E-state index >= 15 is 0 Å². The van der Waals surface area contributed by atoms with Crippen molar-refractivity contribution < 1.29 is 22.8 Å². The first-order valence-corrected chi connectivity index (χ1v) is 12.3. The zero-order valence-electron chi connectivity index (χ0n) is 20.4. The van der Waals surface area contributed by atoms with Crippen LogP contribution in [0.2, 0.25) is 0 Å². The molecular weight excluding hydrogens is 501 g/mol. The highest BCUT2D eigenvalue weighted by atomic mass is 19.4. The Morgan fingerprint density at radius 2 is 1.68 bits per heavy atom. The highest BCUT2D eigenvalue weighted by molar-refractivity contribution is 5.79. The number of rotatable bonds is 5. The van der Waals surface area contributed by atoms with Gasteiger partial charge >= 0.3 is 12.1 Å². The molecule has 5 heterocycles. The van der Waals surface area contributed by atoms with Crippen LogP contribution in [0.4, 0.5) is 24.9 Å². The zero-order chi connectivity index (χ0) is 26.7. The van der Waals surface area contributed by atoms with Crippen molar-refractivity contribution in [1.82, 2.24) is 25.0 Å². The number of alkyl halides is 3. The summed E-state index contributed by atoms with van der Waals surface area (Å²) in [6, 6.07) is 6.64. The second kappa shape index (κ2) is 10.7. The first-order valence-electron chi connectivity index (χ1n) is 12.3. The van der Waals surface area contributed by atoms with Gasteiger partial charge in [0.15, 0.2) is 5.82 Å². The average Bonchev–Trinajstić information content (AvgIpc) is 3.32. The number of anilines is 2. The molecule has 0 unspecified atom stereocenters. The Balaban J connectivity index is 1.53. The number of nitriles is 1. The van der Waals surface area contributed by atoms with Crippen LogP contribution >= 0.6 is 0 Å². The third-order valence-corrected chi connectivity index (χ3v) is 6.50. The zero-order valence-corrected chi connectivity index (χ0v) is 20.4. The third-order valence-electron chi connectivity index (χ3n) is 6.50. The van der Waals surface area contributed by atoms with Crippen molar-refractivity contribution in [2.24, 2.45) is 0 Å². The maximum absolute atomic E-state index is 13.2. The Bertz CT molecular complexity index is 1340. The Labute approximate surface area is 216 Å². The molecular formula is C25H25F3N8O2. The van der Waals surface area contributed by atoms with Crippen LogP contribution in [-0.2, 0) is 4.79 Å². The molecule has 38 heavy (non-hydrogen) atoms. The molecule has 5 rings (SSSR count). The van der Waals surface area contributed by atoms with Crippen LogP contribution < -0.4 is 20.0 Å². The molecule has 2 fully saturated rings. The molecule has 0 amide bonds. The van der Waals surface area contributed by atoms with Crippen LogP contribution in [0.5, 0.6) is 0 Å². The molecule has 0 spiro atoms. The predicted octanol–water partition coefficient (Wildman–Crippen LogP) is 2.80. The third kappa shape index (κ3) is 5.26. The number of nitrogens with one attached hydrogen (secondary N) is 1. The minimum atomic E-state index is -5.22. The maximum Gasteiger partial charge on any atom is 0.493 e. The van der Waals surface area contributed by atoms with Gasteiger partial charge in [0.1, 0.15) is 6.07 Å². The molecule has 1 N–H and O–H groups in total. The van der Waals surface area contributed by atoms with Gasteiger partial charge in [0, 0.05) is 69.0 Å². The van der Waals surface area contributed by atoms with Crippen LogP contribution in [0.25, 0.3) is 22.5 Å². The molecule has 3 aromatic heterocycles. The SMILES string of the molecule is N#Cc1cc(-c2ccnc(-c3cnc(N4CCCCC4)nc3)c2)n(OC(=O)C(F)(F)F)c1N1CCNCC1. The molecule has 0 aliphatic carbocycles. The lowest BCUT2D eigenvalue weighted by Gasteiger charge is -2.30. The van der Waals surface area contributed by atoms with Gasteiger partial charge in [-0.25, -0.2) is 14.8 Å². The number of piperazine rings is 1. The summed E-state index contributed by atoms with van der Waals surface area (Å²) in [5.74, 6) is -1.66. The highest BCUT2D eigenvalue weighted by Crippen LogP contribution is 2.33. The molecule has 10 nitrogen and oxygen atoms in total. The van der Waals surface area contributed by atoms with Gasteiger partial charge in [-0.1, -0.05) is 0 Å². The van der Waals surface area contributed by atoms with Crippen molar-refractivity contribution in [2.75, 3.05) is 49.1 Å². The molecule has 0 aromatic carbocycles. The normalized spacial score (nSPS) is 16.3. The van der Waals surface area contributed by atoms with E-state index in [9.17, 15) is 23.2 Å². The fourth-order valence-corrected chi connectivity index (χ4v) is 4.63. The molecule has 198 valence electrons. The largest absolute Gasteiger partial charge is 0.493 e. The molecule has 13 heteroatoms. The van der Waals surface area contributed by atoms with Crippen molar-refractivity contribution in [3.63, 3.8) is 0 Å². The smallest absolute Gasteiger partial charge is 0.352 e. The lowest BCUT2D eigenvalue weighted by molar-refractivity contribution is -0.199. The van der Waals surface area contributed by atoms with Crippen LogP contribution in [0.3, 0.4) is 0 Å². The highest BCUT2D eigenvalue weighted by Gasteiger charge is 2.43. The Morgan fingerprint density at radius 3 is 2.34 bits per heavy atom. The van der Waals surface area contributed by atoms with E-state index in [1.165, 1.54) is 18.7 Å². The van der Waals surface area contributed by atoms with E-state index < -0.39 is 12.1 Å². The summed E-state index contributed by atoms with van der Waals surface area (Å²) in [5, 5.41) is 12.9. The monoisotopic (exact) mass is 526 g/mol. The Hall–Kier alpha value is -4.18. The van der Waals surface area contributed by atoms with Crippen molar-refractivity contribution >= 4 is 17.7 Å². The van der Waals surface area contributed by atoms with E-state index in [4.69, 9.17) is 4.84 Å². The van der Waals surface area contributed by atoms with Crippen molar-refractivity contribution in [3.8, 4) is 28.6 Å². The number of nitrogens with zero attached hydrogens (tertiary/aromatic N) is 7. The number of piperidine rings is 1. The number of carbonyl (C=O) groups is 1. The Kier molecular flexibility index (Phi) is 7.15. The van der Waals surface area contributed by atoms with Crippen LogP contribution in [0, 0.1) is 11.3 Å². The van der Waals surface area contributed by atoms with Crippen molar-refractivity contribution in [1.29, 1.82) is 5.26 Å². The molecule has 0 bridgehead atoms. The van der Waals surface area contributed by atoms with Crippen molar-refractivity contribution in [3.05, 3.63) is 42.4 Å². The number of pyridine rings is 1. The summed E-state index contributed by atoms with van der Waals surface area (Å²) in [6.45, 7) is 3.76. The minimum Gasteiger partial charge on any atom is -0.352 e. The van der Waals surface area contributed by atoms with Gasteiger partial charge in [0.2, 0.25) is 5.95 Å². The second-order valence-corrected chi connectivity index (χ2v) is 9.04. The number of halogens is 3. The van der Waals surface area contributed by atoms with Crippen LogP contribution in [0.1, 0.15) is 24.8 Å². The van der Waals surface area contributed by atoms with E-state index in [0.29, 0.717) is 48.9 Å². The summed E-state index contributed by atoms with van der Waals surface area (Å²) in [6.07, 6.45) is 2.95. The summed E-state index contributed by atoms with van der Waals surface area (Å²) >= 11 is 0. The fourth-order valence-electron chi connectivity index (χ4n) is 4.63. The Morgan fingerprint density at radius 1 is 0.974 bits per heavy atom. The van der Waals surface area contributed by atoms with E-state index in [1.807, 2.05) is 6.07 Å². The summed E-state index contributed by atoms with van der Waals surface area (Å²) < 4.78 is 40.3. The van der Waals surface area contributed by atoms with E-state index in [2.05, 4.69) is 25.2 Å². The first-order chi connectivity index (χ1) is 18.3. The van der Waals surface area contributed by atoms with E-state index in [1.54, 1.807) is 29.4 Å². The molecule has 0 saturated carbocycles. The van der Waals surface area contributed by atoms with E-state index in [0.717, 1.165) is 30.7 Å². The van der Waals surface area contributed by atoms with E-state index in [-0.39, 0.29) is 17.1 Å². The predicted molar refractivity (Wildman–Crippen MR) is 132 cm³/mol. The standard InChI is InChI=1S/C25H25F3N8O2/c26-25(27,28)23(37)38-36-21(13-18(14-29)22(36)34-10-6-30-7-11-34)17-4-5-31-20(12-17)19-15-32-24(33-16-19)35-8-2-1-3-9-35/h4-5,12-13,15-16,30H,1-3,6-11H2. The number of carbonyl (C=O) groups excluding carboxylic acids is 1. The number of hydrogen-bond acceptors (Lipinski definition) is 9. The topological polar surface area (TPSA) is 112 Å². The average molecular weight is 527 g/mol. The minimum absolute atomic E-state index is 0.0875. The lowest BCUT2D eigenvalue weighted by atomic mass is 10.1. The lowest BCUT2D eigenvalue weighted by Crippen LogP contribution is -2.45. The molecule has 2 aliphatic rings. The summed E-state index contributed by atoms with van der Waals surface area (Å²) in [7, 11) is 0. The fraction of sp³-hybridized carbons (Fsp3) is 0.400. The maximum atomic E-state index is 13.2. The summed E-state index contributed by atoms with van der Waals surface area (Å²) in [4.78, 5) is 33.9. The van der Waals surface area contributed by atoms with Gasteiger partial charge in [0.25, 0.3) is 0 Å². The van der Waals surface area contributed by atoms with Gasteiger partial charge in [0.05, 0.1) is 17.0 Å². The molecule has 2 saturated heterocycles. The molecule has 0 atom stereocenters. The molecule has 3 aromatic rings. The second-order valence-electron chi connectivity index (χ2n) is 9.04. The quantitative estimate of drug-likeness (QED) is 0.536. The van der Waals surface area contributed by atoms with Gasteiger partial charge < -0.3 is 20.0 Å². The van der Waals surface area contributed by atoms with Gasteiger partial charge in [-0.3, -0.25) is 4.98 Å². The van der Waals surface area contributed by atoms with Crippen molar-refractivity contribution in [2.45, 2.75) is 25.4 Å². The number of aromatic nitrogens is 4. The van der Waals surface area contributed by atoms with Gasteiger partial charge in [-0.05, 0) is 37.5 Å². The van der Waals surface area contributed by atoms with Crippen LogP contribution in [0.15, 0.2) is 36.8 Å². The van der Waals surface area contributed by atoms with Gasteiger partial charge in [-0.2, -0.15) is 23.2 Å². The molecule has 2 aliphatic heterocycles. The number of hydrogen-bond donors (Lipinski definition) is 1. The summed E-state index contributed by atoms with van der Waals surface area (Å²) in [5.41, 5.74) is 1.69. The van der Waals surface area contributed by atoms with Gasteiger partial charge in [-0.15, -0.1) is 0 Å². The first kappa shape index (κ1) is 25.5. The van der Waals surface area contributed by atoms with Crippen LogP contribution in [-0.4, -0.2) is 71.1 Å².